The van der Waals surface area contributed by atoms with E-state index in [1.165, 1.54) is 42.6 Å². The Hall–Kier alpha value is -3.80. The second-order valence-corrected chi connectivity index (χ2v) is 5.81. The number of anilines is 2. The predicted octanol–water partition coefficient (Wildman–Crippen LogP) is 4.92. The highest BCUT2D eigenvalue weighted by molar-refractivity contribution is 5.66. The molecule has 0 aliphatic rings. The topological polar surface area (TPSA) is 104 Å². The van der Waals surface area contributed by atoms with Gasteiger partial charge in [0.25, 0.3) is 5.69 Å². The molecular formula is C18H11F4N4O4-. The number of nitro benzene ring substituents is 1. The van der Waals surface area contributed by atoms with Crippen LogP contribution in [-0.2, 0) is 0 Å². The largest absolute Gasteiger partial charge is 0.752 e. The van der Waals surface area contributed by atoms with Crippen molar-refractivity contribution in [3.63, 3.8) is 0 Å². The first-order valence-corrected chi connectivity index (χ1v) is 8.17. The fourth-order valence-electron chi connectivity index (χ4n) is 2.38. The Balaban J connectivity index is 1.89. The van der Waals surface area contributed by atoms with Crippen LogP contribution < -0.4 is 9.80 Å². The molecule has 0 bridgehead atoms. The number of rotatable bonds is 7. The molecule has 0 aliphatic heterocycles. The normalized spacial score (nSPS) is 11.4. The van der Waals surface area contributed by atoms with Gasteiger partial charge < -0.3 is 15.0 Å². The van der Waals surface area contributed by atoms with Crippen molar-refractivity contribution in [3.05, 3.63) is 76.1 Å². The van der Waals surface area contributed by atoms with E-state index < -0.39 is 29.2 Å². The number of aromatic nitrogens is 2. The van der Waals surface area contributed by atoms with E-state index in [1.807, 2.05) is 0 Å². The van der Waals surface area contributed by atoms with Gasteiger partial charge in [0.2, 0.25) is 5.95 Å². The molecule has 0 atom stereocenters. The van der Waals surface area contributed by atoms with Crippen molar-refractivity contribution in [2.24, 2.45) is 0 Å². The van der Waals surface area contributed by atoms with Crippen molar-refractivity contribution < 1.29 is 27.2 Å². The molecule has 0 unspecified atom stereocenters. The third-order valence-electron chi connectivity index (χ3n) is 3.74. The summed E-state index contributed by atoms with van der Waals surface area (Å²) in [5, 5.41) is 23.6. The maximum atomic E-state index is 13.1. The van der Waals surface area contributed by atoms with Gasteiger partial charge in [-0.2, -0.15) is 17.6 Å². The molecule has 2 aromatic carbocycles. The fourth-order valence-corrected chi connectivity index (χ4v) is 2.38. The van der Waals surface area contributed by atoms with E-state index in [4.69, 9.17) is 0 Å². The van der Waals surface area contributed by atoms with Crippen LogP contribution in [0.1, 0.15) is 0 Å². The maximum absolute atomic E-state index is 13.1. The lowest BCUT2D eigenvalue weighted by molar-refractivity contribution is -0.384. The van der Waals surface area contributed by atoms with Crippen LogP contribution in [-0.4, -0.2) is 27.4 Å². The Bertz CT molecular complexity index is 1070. The summed E-state index contributed by atoms with van der Waals surface area (Å²) < 4.78 is 54.7. The van der Waals surface area contributed by atoms with Gasteiger partial charge in [-0.3, -0.25) is 10.1 Å². The Morgan fingerprint density at radius 3 is 2.53 bits per heavy atom. The number of nitrogens with zero attached hydrogens (tertiary/aromatic N) is 4. The SMILES string of the molecule is O=[N+]([O-])c1cccc(-c2ccnc(N([O-])c3cccc(OC(F)(F)C(F)F)c3)n2)c1. The highest BCUT2D eigenvalue weighted by Crippen LogP contribution is 2.31. The molecule has 0 aliphatic carbocycles. The third-order valence-corrected chi connectivity index (χ3v) is 3.74. The Labute approximate surface area is 166 Å². The van der Waals surface area contributed by atoms with Crippen LogP contribution >= 0.6 is 0 Å². The van der Waals surface area contributed by atoms with Gasteiger partial charge in [0, 0.05) is 35.6 Å². The highest BCUT2D eigenvalue weighted by Gasteiger charge is 2.44. The van der Waals surface area contributed by atoms with Crippen LogP contribution in [0.25, 0.3) is 11.3 Å². The van der Waals surface area contributed by atoms with E-state index in [-0.39, 0.29) is 22.1 Å². The average molecular weight is 423 g/mol. The molecule has 0 spiro atoms. The van der Waals surface area contributed by atoms with Crippen LogP contribution in [0.15, 0.2) is 60.8 Å². The van der Waals surface area contributed by atoms with Crippen molar-refractivity contribution in [1.82, 2.24) is 9.97 Å². The second kappa shape index (κ2) is 8.29. The zero-order valence-electron chi connectivity index (χ0n) is 14.8. The lowest BCUT2D eigenvalue weighted by atomic mass is 10.1. The molecule has 1 heterocycles. The summed E-state index contributed by atoms with van der Waals surface area (Å²) >= 11 is 0. The van der Waals surface area contributed by atoms with E-state index in [1.54, 1.807) is 0 Å². The number of hydrogen-bond donors (Lipinski definition) is 0. The lowest BCUT2D eigenvalue weighted by Gasteiger charge is -2.29. The van der Waals surface area contributed by atoms with Crippen molar-refractivity contribution in [1.29, 1.82) is 0 Å². The molecule has 0 saturated heterocycles. The van der Waals surface area contributed by atoms with E-state index >= 15 is 0 Å². The number of ether oxygens (including phenoxy) is 1. The van der Waals surface area contributed by atoms with E-state index in [0.29, 0.717) is 5.56 Å². The van der Waals surface area contributed by atoms with Gasteiger partial charge in [-0.1, -0.05) is 18.2 Å². The maximum Gasteiger partial charge on any atom is 0.461 e. The molecule has 3 rings (SSSR count). The van der Waals surface area contributed by atoms with E-state index in [9.17, 15) is 32.9 Å². The van der Waals surface area contributed by atoms with Crippen LogP contribution in [0.2, 0.25) is 0 Å². The number of halogens is 4. The molecule has 8 nitrogen and oxygen atoms in total. The zero-order chi connectivity index (χ0) is 21.9. The zero-order valence-corrected chi connectivity index (χ0v) is 14.8. The van der Waals surface area contributed by atoms with Crippen LogP contribution in [0.4, 0.5) is 34.9 Å². The summed E-state index contributed by atoms with van der Waals surface area (Å²) in [6, 6.07) is 11.1. The first-order chi connectivity index (χ1) is 14.2. The number of non-ortho nitro benzene ring substituents is 1. The van der Waals surface area contributed by atoms with Gasteiger partial charge in [-0.05, 0) is 18.2 Å². The monoisotopic (exact) mass is 423 g/mol. The molecule has 0 radical (unpaired) electrons. The van der Waals surface area contributed by atoms with E-state index in [2.05, 4.69) is 14.7 Å². The molecule has 1 aromatic heterocycles. The minimum Gasteiger partial charge on any atom is -0.752 e. The molecule has 0 N–H and O–H groups in total. The Kier molecular flexibility index (Phi) is 5.78. The molecule has 0 fully saturated rings. The molecule has 0 saturated carbocycles. The smallest absolute Gasteiger partial charge is 0.461 e. The minimum absolute atomic E-state index is 0.175. The Morgan fingerprint density at radius 2 is 1.83 bits per heavy atom. The van der Waals surface area contributed by atoms with Gasteiger partial charge in [0.1, 0.15) is 5.75 Å². The summed E-state index contributed by atoms with van der Waals surface area (Å²) in [4.78, 5) is 18.1. The van der Waals surface area contributed by atoms with Crippen molar-refractivity contribution >= 4 is 17.3 Å². The summed E-state index contributed by atoms with van der Waals surface area (Å²) in [5.74, 6) is -1.06. The van der Waals surface area contributed by atoms with Gasteiger partial charge in [0.15, 0.2) is 0 Å². The Morgan fingerprint density at radius 1 is 1.10 bits per heavy atom. The minimum atomic E-state index is -4.73. The number of alkyl halides is 4. The summed E-state index contributed by atoms with van der Waals surface area (Å²) in [6.45, 7) is 0. The number of nitro groups is 1. The van der Waals surface area contributed by atoms with Crippen molar-refractivity contribution in [3.8, 4) is 17.0 Å². The molecule has 156 valence electrons. The first-order valence-electron chi connectivity index (χ1n) is 8.17. The second-order valence-electron chi connectivity index (χ2n) is 5.81. The van der Waals surface area contributed by atoms with Crippen molar-refractivity contribution in [2.75, 3.05) is 5.06 Å². The molecule has 0 amide bonds. The van der Waals surface area contributed by atoms with Crippen LogP contribution in [0.3, 0.4) is 0 Å². The number of benzene rings is 2. The van der Waals surface area contributed by atoms with E-state index in [0.717, 1.165) is 18.2 Å². The van der Waals surface area contributed by atoms with Gasteiger partial charge in [-0.15, -0.1) is 0 Å². The molecular weight excluding hydrogens is 412 g/mol. The summed E-state index contributed by atoms with van der Waals surface area (Å²) in [7, 11) is 0. The van der Waals surface area contributed by atoms with Gasteiger partial charge >= 0.3 is 12.5 Å². The first kappa shape index (κ1) is 20.9. The molecule has 30 heavy (non-hydrogen) atoms. The highest BCUT2D eigenvalue weighted by atomic mass is 19.3. The number of hydrogen-bond acceptors (Lipinski definition) is 7. The lowest BCUT2D eigenvalue weighted by Crippen LogP contribution is -2.33. The van der Waals surface area contributed by atoms with Gasteiger partial charge in [-0.25, -0.2) is 9.97 Å². The summed E-state index contributed by atoms with van der Waals surface area (Å²) in [6.07, 6.45) is -7.56. The average Bonchev–Trinajstić information content (AvgIpc) is 2.73. The molecule has 12 heteroatoms. The fraction of sp³-hybridized carbons (Fsp3) is 0.111. The predicted molar refractivity (Wildman–Crippen MR) is 97.6 cm³/mol. The van der Waals surface area contributed by atoms with Crippen LogP contribution in [0.5, 0.6) is 5.75 Å². The van der Waals surface area contributed by atoms with Crippen LogP contribution in [0, 0.1) is 15.3 Å². The van der Waals surface area contributed by atoms with Crippen molar-refractivity contribution in [2.45, 2.75) is 12.5 Å². The standard InChI is InChI=1S/C18H11F4N4O4/c19-16(20)18(21,22)30-14-6-2-4-12(10-14)25(27)17-23-8-7-15(24-17)11-3-1-5-13(9-11)26(28)29/h1-10,16H/q-1. The quantitative estimate of drug-likeness (QED) is 0.302. The summed E-state index contributed by atoms with van der Waals surface area (Å²) in [5.41, 5.74) is 0.0984. The third kappa shape index (κ3) is 4.60. The molecule has 3 aromatic rings. The van der Waals surface area contributed by atoms with Gasteiger partial charge in [0.05, 0.1) is 10.6 Å².